The first-order valence-electron chi connectivity index (χ1n) is 6.28. The lowest BCUT2D eigenvalue weighted by Crippen LogP contribution is -2.15. The van der Waals surface area contributed by atoms with E-state index < -0.39 is 37.1 Å². The number of nitrogens with one attached hydrogen (secondary N) is 1. The van der Waals surface area contributed by atoms with Crippen LogP contribution >= 0.6 is 31.0 Å². The number of halogens is 3. The summed E-state index contributed by atoms with van der Waals surface area (Å²) in [6.45, 7) is 0.970. The van der Waals surface area contributed by atoms with Gasteiger partial charge in [-0.3, -0.25) is 9.32 Å². The molecule has 0 saturated carbocycles. The van der Waals surface area contributed by atoms with Gasteiger partial charge in [-0.2, -0.15) is 5.10 Å². The molecule has 8 nitrogen and oxygen atoms in total. The molecular weight excluding hydrogens is 387 g/mol. The van der Waals surface area contributed by atoms with E-state index in [4.69, 9.17) is 33.0 Å². The van der Waals surface area contributed by atoms with Crippen LogP contribution in [0.1, 0.15) is 16.1 Å². The van der Waals surface area contributed by atoms with Crippen molar-refractivity contribution in [1.82, 2.24) is 9.78 Å². The third kappa shape index (κ3) is 4.54. The number of rotatable bonds is 5. The first-order chi connectivity index (χ1) is 11.1. The lowest BCUT2D eigenvalue weighted by atomic mass is 10.2. The highest BCUT2D eigenvalue weighted by Crippen LogP contribution is 2.36. The maximum Gasteiger partial charge on any atom is 0.471 e. The number of carbonyl (C=O) groups excluding carboxylic acids is 1. The molecule has 0 bridgehead atoms. The minimum atomic E-state index is -4.81. The number of aromatic nitrogens is 2. The molecule has 0 saturated heterocycles. The van der Waals surface area contributed by atoms with Crippen LogP contribution in [-0.2, 0) is 15.8 Å². The van der Waals surface area contributed by atoms with Gasteiger partial charge in [0.1, 0.15) is 0 Å². The van der Waals surface area contributed by atoms with Gasteiger partial charge in [0, 0.05) is 0 Å². The molecule has 0 radical (unpaired) electrons. The first kappa shape index (κ1) is 18.9. The quantitative estimate of drug-likeness (QED) is 0.668. The van der Waals surface area contributed by atoms with Crippen molar-refractivity contribution >= 4 is 42.6 Å². The number of phosphoric acid groups is 1. The molecule has 0 aliphatic heterocycles. The van der Waals surface area contributed by atoms with E-state index in [0.29, 0.717) is 4.68 Å². The van der Waals surface area contributed by atoms with Gasteiger partial charge in [0.15, 0.2) is 23.4 Å². The second kappa shape index (κ2) is 7.18. The Labute approximate surface area is 145 Å². The monoisotopic (exact) mass is 397 g/mol. The van der Waals surface area contributed by atoms with Gasteiger partial charge in [-0.05, 0) is 24.6 Å². The summed E-state index contributed by atoms with van der Waals surface area (Å²) in [6.07, 6.45) is 0. The predicted octanol–water partition coefficient (Wildman–Crippen LogP) is 2.96. The molecule has 3 N–H and O–H groups in total. The molecule has 24 heavy (non-hydrogen) atoms. The molecule has 0 atom stereocenters. The molecule has 2 rings (SSSR count). The van der Waals surface area contributed by atoms with Crippen LogP contribution in [0.25, 0.3) is 0 Å². The van der Waals surface area contributed by atoms with Crippen LogP contribution in [0.3, 0.4) is 0 Å². The number of nitrogens with zero attached hydrogens (tertiary/aromatic N) is 2. The maximum atomic E-state index is 14.0. The number of aryl methyl sites for hydroxylation is 1. The minimum Gasteiger partial charge on any atom is -0.319 e. The van der Waals surface area contributed by atoms with Gasteiger partial charge in [0.2, 0.25) is 0 Å². The Morgan fingerprint density at radius 3 is 2.71 bits per heavy atom. The summed E-state index contributed by atoms with van der Waals surface area (Å²) in [5.41, 5.74) is 0.431. The van der Waals surface area contributed by atoms with Crippen LogP contribution < -0.4 is 5.32 Å². The lowest BCUT2D eigenvalue weighted by Gasteiger charge is -2.06. The molecule has 0 unspecified atom stereocenters. The number of carbonyl (C=O) groups is 1. The fourth-order valence-electron chi connectivity index (χ4n) is 1.68. The van der Waals surface area contributed by atoms with E-state index in [1.54, 1.807) is 19.1 Å². The van der Waals surface area contributed by atoms with Crippen LogP contribution in [0.5, 0.6) is 0 Å². The van der Waals surface area contributed by atoms with E-state index in [-0.39, 0.29) is 10.7 Å². The Morgan fingerprint density at radius 1 is 1.46 bits per heavy atom. The van der Waals surface area contributed by atoms with Crippen LogP contribution in [0.4, 0.5) is 10.1 Å². The van der Waals surface area contributed by atoms with Crippen molar-refractivity contribution < 1.29 is 28.1 Å². The standard InChI is InChI=1S/C12H11Cl2FN3O5P/c1-6-2-3-8(7(13)4-6)16-12(19)10-9(15)11(14)18(17-10)5-23-24(20,21)22/h2-4H,5H2,1H3,(H,16,19)(H2,20,21,22). The number of amides is 1. The lowest BCUT2D eigenvalue weighted by molar-refractivity contribution is 0.101. The van der Waals surface area contributed by atoms with Gasteiger partial charge < -0.3 is 15.1 Å². The fraction of sp³-hybridized carbons (Fsp3) is 0.167. The Bertz CT molecular complexity index is 838. The Balaban J connectivity index is 2.22. The molecule has 1 amide bonds. The summed E-state index contributed by atoms with van der Waals surface area (Å²) in [7, 11) is -4.81. The van der Waals surface area contributed by atoms with E-state index in [0.717, 1.165) is 5.56 Å². The number of phosphoric ester groups is 1. The van der Waals surface area contributed by atoms with Gasteiger partial charge in [0.05, 0.1) is 10.7 Å². The number of anilines is 1. The van der Waals surface area contributed by atoms with E-state index >= 15 is 0 Å². The highest BCUT2D eigenvalue weighted by Gasteiger charge is 2.24. The summed E-state index contributed by atoms with van der Waals surface area (Å²) >= 11 is 11.6. The normalized spacial score (nSPS) is 11.6. The van der Waals surface area contributed by atoms with Gasteiger partial charge in [-0.25, -0.2) is 13.6 Å². The highest BCUT2D eigenvalue weighted by atomic mass is 35.5. The van der Waals surface area contributed by atoms with Gasteiger partial charge in [-0.1, -0.05) is 29.3 Å². The summed E-state index contributed by atoms with van der Waals surface area (Å²) in [4.78, 5) is 29.3. The van der Waals surface area contributed by atoms with Crippen LogP contribution in [0.15, 0.2) is 18.2 Å². The van der Waals surface area contributed by atoms with E-state index in [9.17, 15) is 13.8 Å². The predicted molar refractivity (Wildman–Crippen MR) is 84.5 cm³/mol. The average Bonchev–Trinajstić information content (AvgIpc) is 2.75. The van der Waals surface area contributed by atoms with Crippen LogP contribution in [-0.4, -0.2) is 25.5 Å². The number of hydrogen-bond acceptors (Lipinski definition) is 4. The largest absolute Gasteiger partial charge is 0.471 e. The summed E-state index contributed by atoms with van der Waals surface area (Å²) < 4.78 is 29.4. The summed E-state index contributed by atoms with van der Waals surface area (Å²) in [5.74, 6) is -2.10. The summed E-state index contributed by atoms with van der Waals surface area (Å²) in [5, 5.41) is 5.52. The third-order valence-electron chi connectivity index (χ3n) is 2.77. The molecule has 130 valence electrons. The Kier molecular flexibility index (Phi) is 5.64. The van der Waals surface area contributed by atoms with Crippen LogP contribution in [0.2, 0.25) is 10.2 Å². The van der Waals surface area contributed by atoms with Crippen molar-refractivity contribution in [3.63, 3.8) is 0 Å². The smallest absolute Gasteiger partial charge is 0.319 e. The van der Waals surface area contributed by atoms with Crippen molar-refractivity contribution in [3.05, 3.63) is 45.4 Å². The molecule has 0 fully saturated rings. The molecule has 12 heteroatoms. The minimum absolute atomic E-state index is 0.240. The zero-order valence-electron chi connectivity index (χ0n) is 12.0. The molecule has 2 aromatic rings. The van der Waals surface area contributed by atoms with Crippen molar-refractivity contribution in [1.29, 1.82) is 0 Å². The zero-order valence-corrected chi connectivity index (χ0v) is 14.4. The van der Waals surface area contributed by atoms with Crippen molar-refractivity contribution in [2.75, 3.05) is 5.32 Å². The fourth-order valence-corrected chi connectivity index (χ4v) is 2.40. The maximum absolute atomic E-state index is 14.0. The van der Waals surface area contributed by atoms with Gasteiger partial charge in [0.25, 0.3) is 5.91 Å². The van der Waals surface area contributed by atoms with Crippen molar-refractivity contribution in [3.8, 4) is 0 Å². The van der Waals surface area contributed by atoms with Crippen molar-refractivity contribution in [2.24, 2.45) is 0 Å². The Hall–Kier alpha value is -1.48. The third-order valence-corrected chi connectivity index (χ3v) is 3.90. The van der Waals surface area contributed by atoms with Gasteiger partial charge in [-0.15, -0.1) is 0 Å². The van der Waals surface area contributed by atoms with Gasteiger partial charge >= 0.3 is 7.82 Å². The molecule has 0 spiro atoms. The number of benzene rings is 1. The highest BCUT2D eigenvalue weighted by molar-refractivity contribution is 7.46. The zero-order chi connectivity index (χ0) is 18.1. The second-order valence-corrected chi connectivity index (χ2v) is 6.64. The van der Waals surface area contributed by atoms with E-state index in [2.05, 4.69) is 14.9 Å². The van der Waals surface area contributed by atoms with Crippen molar-refractivity contribution in [2.45, 2.75) is 13.7 Å². The SMILES string of the molecule is Cc1ccc(NC(=O)c2nn(COP(=O)(O)O)c(Cl)c2F)c(Cl)c1. The number of hydrogen-bond donors (Lipinski definition) is 3. The molecule has 0 aliphatic rings. The van der Waals surface area contributed by atoms with E-state index in [1.165, 1.54) is 6.07 Å². The average molecular weight is 398 g/mol. The first-order valence-corrected chi connectivity index (χ1v) is 8.56. The molecule has 1 aromatic carbocycles. The topological polar surface area (TPSA) is 114 Å². The van der Waals surface area contributed by atoms with Crippen LogP contribution in [0, 0.1) is 12.7 Å². The Morgan fingerprint density at radius 2 is 2.12 bits per heavy atom. The van der Waals surface area contributed by atoms with E-state index in [1.807, 2.05) is 0 Å². The molecule has 1 heterocycles. The second-order valence-electron chi connectivity index (χ2n) is 4.64. The molecular formula is C12H11Cl2FN3O5P. The molecule has 1 aromatic heterocycles. The molecule has 0 aliphatic carbocycles. The summed E-state index contributed by atoms with van der Waals surface area (Å²) in [6, 6.07) is 4.83.